The third-order valence-electron chi connectivity index (χ3n) is 4.25. The third-order valence-corrected chi connectivity index (χ3v) is 4.25. The fourth-order valence-corrected chi connectivity index (χ4v) is 3.18. The molecule has 1 N–H and O–H groups in total. The molecule has 1 fully saturated rings. The SMILES string of the molecule is CCN1C(=O)CC[C@H]1C(=O)NCc1c(C)cc(C)cc1C. The normalized spacial score (nSPS) is 18.2. The van der Waals surface area contributed by atoms with Gasteiger partial charge < -0.3 is 10.2 Å². The first-order valence-electron chi connectivity index (χ1n) is 7.58. The van der Waals surface area contributed by atoms with Crippen LogP contribution < -0.4 is 5.32 Å². The summed E-state index contributed by atoms with van der Waals surface area (Å²) in [4.78, 5) is 25.7. The minimum Gasteiger partial charge on any atom is -0.350 e. The van der Waals surface area contributed by atoms with E-state index in [0.29, 0.717) is 25.9 Å². The Bertz CT molecular complexity index is 543. The molecule has 0 bridgehead atoms. The first-order chi connectivity index (χ1) is 9.93. The molecule has 0 radical (unpaired) electrons. The van der Waals surface area contributed by atoms with Crippen LogP contribution in [0.5, 0.6) is 0 Å². The van der Waals surface area contributed by atoms with Crippen molar-refractivity contribution < 1.29 is 9.59 Å². The summed E-state index contributed by atoms with van der Waals surface area (Å²) in [6.45, 7) is 9.25. The van der Waals surface area contributed by atoms with Crippen molar-refractivity contribution in [3.8, 4) is 0 Å². The van der Waals surface area contributed by atoms with E-state index in [1.165, 1.54) is 22.3 Å². The lowest BCUT2D eigenvalue weighted by atomic mass is 10.00. The summed E-state index contributed by atoms with van der Waals surface area (Å²) in [6.07, 6.45) is 1.11. The smallest absolute Gasteiger partial charge is 0.243 e. The van der Waals surface area contributed by atoms with E-state index in [-0.39, 0.29) is 17.9 Å². The number of aryl methyl sites for hydroxylation is 3. The second-order valence-corrected chi connectivity index (χ2v) is 5.83. The van der Waals surface area contributed by atoms with Crippen LogP contribution in [0.3, 0.4) is 0 Å². The molecule has 2 rings (SSSR count). The van der Waals surface area contributed by atoms with Gasteiger partial charge in [-0.3, -0.25) is 9.59 Å². The molecule has 0 unspecified atom stereocenters. The lowest BCUT2D eigenvalue weighted by Crippen LogP contribution is -2.44. The van der Waals surface area contributed by atoms with E-state index in [0.717, 1.165) is 0 Å². The van der Waals surface area contributed by atoms with Crippen LogP contribution >= 0.6 is 0 Å². The highest BCUT2D eigenvalue weighted by Gasteiger charge is 2.34. The van der Waals surface area contributed by atoms with Crippen LogP contribution in [0.4, 0.5) is 0 Å². The monoisotopic (exact) mass is 288 g/mol. The Morgan fingerprint density at radius 2 is 1.90 bits per heavy atom. The Kier molecular flexibility index (Phi) is 4.66. The highest BCUT2D eigenvalue weighted by molar-refractivity contribution is 5.90. The largest absolute Gasteiger partial charge is 0.350 e. The third kappa shape index (κ3) is 3.26. The van der Waals surface area contributed by atoms with Crippen LogP contribution in [-0.4, -0.2) is 29.3 Å². The second-order valence-electron chi connectivity index (χ2n) is 5.83. The number of likely N-dealkylation sites (tertiary alicyclic amines) is 1. The summed E-state index contributed by atoms with van der Waals surface area (Å²) in [6, 6.07) is 3.96. The fourth-order valence-electron chi connectivity index (χ4n) is 3.18. The number of rotatable bonds is 4. The van der Waals surface area contributed by atoms with Crippen molar-refractivity contribution in [3.05, 3.63) is 34.4 Å². The van der Waals surface area contributed by atoms with Gasteiger partial charge in [-0.05, 0) is 50.8 Å². The average Bonchev–Trinajstić information content (AvgIpc) is 2.78. The number of carbonyl (C=O) groups is 2. The predicted molar refractivity (Wildman–Crippen MR) is 82.9 cm³/mol. The van der Waals surface area contributed by atoms with Crippen molar-refractivity contribution in [1.82, 2.24) is 10.2 Å². The molecule has 21 heavy (non-hydrogen) atoms. The van der Waals surface area contributed by atoms with Crippen LogP contribution in [0.2, 0.25) is 0 Å². The number of carbonyl (C=O) groups excluding carboxylic acids is 2. The van der Waals surface area contributed by atoms with E-state index in [9.17, 15) is 9.59 Å². The number of likely N-dealkylation sites (N-methyl/N-ethyl adjacent to an activating group) is 1. The number of amides is 2. The molecular weight excluding hydrogens is 264 g/mol. The summed E-state index contributed by atoms with van der Waals surface area (Å²) in [7, 11) is 0. The van der Waals surface area contributed by atoms with E-state index in [2.05, 4.69) is 38.2 Å². The Balaban J connectivity index is 2.03. The molecule has 4 heteroatoms. The molecule has 1 aromatic rings. The van der Waals surface area contributed by atoms with Gasteiger partial charge in [-0.25, -0.2) is 0 Å². The Labute approximate surface area is 126 Å². The maximum absolute atomic E-state index is 12.3. The Morgan fingerprint density at radius 3 is 2.48 bits per heavy atom. The molecule has 1 aliphatic rings. The van der Waals surface area contributed by atoms with Gasteiger partial charge in [0, 0.05) is 19.5 Å². The van der Waals surface area contributed by atoms with E-state index < -0.39 is 0 Å². The van der Waals surface area contributed by atoms with Crippen molar-refractivity contribution in [2.45, 2.75) is 53.1 Å². The molecule has 4 nitrogen and oxygen atoms in total. The molecule has 0 saturated carbocycles. The highest BCUT2D eigenvalue weighted by atomic mass is 16.2. The van der Waals surface area contributed by atoms with Gasteiger partial charge in [-0.1, -0.05) is 17.7 Å². The van der Waals surface area contributed by atoms with Crippen LogP contribution in [0.1, 0.15) is 42.0 Å². The van der Waals surface area contributed by atoms with Crippen LogP contribution in [-0.2, 0) is 16.1 Å². The molecule has 0 aromatic heterocycles. The van der Waals surface area contributed by atoms with Crippen molar-refractivity contribution in [1.29, 1.82) is 0 Å². The first kappa shape index (κ1) is 15.5. The summed E-state index contributed by atoms with van der Waals surface area (Å²) in [5, 5.41) is 2.99. The van der Waals surface area contributed by atoms with Gasteiger partial charge in [0.05, 0.1) is 0 Å². The van der Waals surface area contributed by atoms with Gasteiger partial charge in [0.2, 0.25) is 11.8 Å². The molecule has 1 aromatic carbocycles. The molecule has 1 atom stereocenters. The zero-order chi connectivity index (χ0) is 15.6. The minimum absolute atomic E-state index is 0.0397. The van der Waals surface area contributed by atoms with Crippen LogP contribution in [0, 0.1) is 20.8 Å². The standard InChI is InChI=1S/C17H24N2O2/c1-5-19-15(6-7-16(19)20)17(21)18-10-14-12(3)8-11(2)9-13(14)4/h8-9,15H,5-7,10H2,1-4H3,(H,18,21)/t15-/m0/s1. The van der Waals surface area contributed by atoms with Gasteiger partial charge in [-0.2, -0.15) is 0 Å². The molecular formula is C17H24N2O2. The van der Waals surface area contributed by atoms with Crippen molar-refractivity contribution in [2.75, 3.05) is 6.54 Å². The minimum atomic E-state index is -0.298. The maximum Gasteiger partial charge on any atom is 0.243 e. The first-order valence-corrected chi connectivity index (χ1v) is 7.58. The van der Waals surface area contributed by atoms with Crippen LogP contribution in [0.15, 0.2) is 12.1 Å². The van der Waals surface area contributed by atoms with Gasteiger partial charge in [0.1, 0.15) is 6.04 Å². The molecule has 1 aliphatic heterocycles. The summed E-state index contributed by atoms with van der Waals surface area (Å²) in [5.41, 5.74) is 4.80. The molecule has 0 aliphatic carbocycles. The van der Waals surface area contributed by atoms with Gasteiger partial charge in [0.25, 0.3) is 0 Å². The molecule has 114 valence electrons. The van der Waals surface area contributed by atoms with Crippen molar-refractivity contribution in [3.63, 3.8) is 0 Å². The molecule has 2 amide bonds. The molecule has 1 heterocycles. The maximum atomic E-state index is 12.3. The summed E-state index contributed by atoms with van der Waals surface area (Å²) >= 11 is 0. The van der Waals surface area contributed by atoms with Gasteiger partial charge in [-0.15, -0.1) is 0 Å². The van der Waals surface area contributed by atoms with E-state index in [1.54, 1.807) is 4.90 Å². The Hall–Kier alpha value is -1.84. The number of nitrogens with zero attached hydrogens (tertiary/aromatic N) is 1. The quantitative estimate of drug-likeness (QED) is 0.923. The number of nitrogens with one attached hydrogen (secondary N) is 1. The summed E-state index contributed by atoms with van der Waals surface area (Å²) in [5.74, 6) is 0.0439. The lowest BCUT2D eigenvalue weighted by Gasteiger charge is -2.22. The van der Waals surface area contributed by atoms with Crippen molar-refractivity contribution in [2.24, 2.45) is 0 Å². The Morgan fingerprint density at radius 1 is 1.29 bits per heavy atom. The average molecular weight is 288 g/mol. The zero-order valence-electron chi connectivity index (χ0n) is 13.3. The highest BCUT2D eigenvalue weighted by Crippen LogP contribution is 2.19. The lowest BCUT2D eigenvalue weighted by molar-refractivity contribution is -0.135. The van der Waals surface area contributed by atoms with Crippen LogP contribution in [0.25, 0.3) is 0 Å². The fraction of sp³-hybridized carbons (Fsp3) is 0.529. The van der Waals surface area contributed by atoms with Gasteiger partial charge in [0.15, 0.2) is 0 Å². The van der Waals surface area contributed by atoms with E-state index >= 15 is 0 Å². The molecule has 0 spiro atoms. The van der Waals surface area contributed by atoms with E-state index in [4.69, 9.17) is 0 Å². The summed E-state index contributed by atoms with van der Waals surface area (Å²) < 4.78 is 0. The second kappa shape index (κ2) is 6.29. The topological polar surface area (TPSA) is 49.4 Å². The predicted octanol–water partition coefficient (Wildman–Crippen LogP) is 2.24. The van der Waals surface area contributed by atoms with Crippen molar-refractivity contribution >= 4 is 11.8 Å². The van der Waals surface area contributed by atoms with Gasteiger partial charge >= 0.3 is 0 Å². The zero-order valence-corrected chi connectivity index (χ0v) is 13.3. The number of hydrogen-bond acceptors (Lipinski definition) is 2. The van der Waals surface area contributed by atoms with E-state index in [1.807, 2.05) is 6.92 Å². The number of hydrogen-bond donors (Lipinski definition) is 1. The number of benzene rings is 1. The molecule has 1 saturated heterocycles.